The number of carbonyl (C=O) groups excluding carboxylic acids is 1. The Kier molecular flexibility index (Phi) is 7.45. The topological polar surface area (TPSA) is 41.6 Å². The molecule has 0 aliphatic carbocycles. The minimum Gasteiger partial charge on any atom is -0.484 e. The van der Waals surface area contributed by atoms with E-state index in [4.69, 9.17) is 27.9 Å². The Morgan fingerprint density at radius 3 is 2.60 bits per heavy atom. The van der Waals surface area contributed by atoms with Crippen molar-refractivity contribution in [2.75, 3.05) is 32.8 Å². The molecule has 0 bridgehead atoms. The van der Waals surface area contributed by atoms with E-state index < -0.39 is 0 Å². The van der Waals surface area contributed by atoms with Gasteiger partial charge in [-0.2, -0.15) is 0 Å². The van der Waals surface area contributed by atoms with Crippen LogP contribution in [-0.4, -0.2) is 43.6 Å². The summed E-state index contributed by atoms with van der Waals surface area (Å²) < 4.78 is 5.44. The van der Waals surface area contributed by atoms with E-state index in [1.807, 2.05) is 4.90 Å². The number of benzene rings is 1. The highest BCUT2D eigenvalue weighted by atomic mass is 35.5. The Morgan fingerprint density at radius 2 is 1.90 bits per heavy atom. The van der Waals surface area contributed by atoms with Crippen LogP contribution in [0.3, 0.4) is 0 Å². The van der Waals surface area contributed by atoms with Crippen molar-refractivity contribution in [1.29, 1.82) is 0 Å². The van der Waals surface area contributed by atoms with Gasteiger partial charge in [-0.05, 0) is 31.2 Å². The summed E-state index contributed by atoms with van der Waals surface area (Å²) in [6.07, 6.45) is 0.967. The number of hydrogen-bond donors (Lipinski definition) is 1. The van der Waals surface area contributed by atoms with Crippen molar-refractivity contribution in [2.24, 2.45) is 0 Å². The smallest absolute Gasteiger partial charge is 0.260 e. The van der Waals surface area contributed by atoms with Gasteiger partial charge in [0.25, 0.3) is 5.91 Å². The number of nitrogens with one attached hydrogen (secondary N) is 1. The van der Waals surface area contributed by atoms with Crippen LogP contribution in [0.4, 0.5) is 0 Å². The first kappa shape index (κ1) is 17.4. The molecule has 1 aliphatic rings. The molecule has 1 saturated heterocycles. The average molecular weight is 340 g/mol. The molecule has 112 valence electrons. The fourth-order valence-electron chi connectivity index (χ4n) is 1.94. The average Bonchev–Trinajstić information content (AvgIpc) is 2.63. The molecule has 1 aromatic carbocycles. The highest BCUT2D eigenvalue weighted by Crippen LogP contribution is 2.24. The van der Waals surface area contributed by atoms with Gasteiger partial charge in [0, 0.05) is 29.7 Å². The molecule has 1 aromatic rings. The third kappa shape index (κ3) is 5.37. The van der Waals surface area contributed by atoms with Crippen LogP contribution in [0.5, 0.6) is 5.75 Å². The Morgan fingerprint density at radius 1 is 1.20 bits per heavy atom. The third-order valence-corrected chi connectivity index (χ3v) is 3.33. The van der Waals surface area contributed by atoms with Crippen LogP contribution in [0.1, 0.15) is 6.42 Å². The van der Waals surface area contributed by atoms with Crippen molar-refractivity contribution >= 4 is 41.5 Å². The van der Waals surface area contributed by atoms with Crippen LogP contribution in [-0.2, 0) is 4.79 Å². The number of rotatable bonds is 3. The van der Waals surface area contributed by atoms with E-state index in [2.05, 4.69) is 5.32 Å². The first-order valence-electron chi connectivity index (χ1n) is 6.22. The number of nitrogens with zero attached hydrogens (tertiary/aromatic N) is 1. The predicted octanol–water partition coefficient (Wildman–Crippen LogP) is 2.62. The Balaban J connectivity index is 0.00000200. The molecule has 0 unspecified atom stereocenters. The lowest BCUT2D eigenvalue weighted by Gasteiger charge is -2.20. The summed E-state index contributed by atoms with van der Waals surface area (Å²) in [5.74, 6) is 0.499. The van der Waals surface area contributed by atoms with Crippen LogP contribution in [0.15, 0.2) is 18.2 Å². The summed E-state index contributed by atoms with van der Waals surface area (Å²) in [7, 11) is 0. The Labute approximate surface area is 134 Å². The number of ether oxygens (including phenoxy) is 1. The lowest BCUT2D eigenvalue weighted by molar-refractivity contribution is -0.133. The molecular weight excluding hydrogens is 323 g/mol. The van der Waals surface area contributed by atoms with Crippen molar-refractivity contribution in [3.8, 4) is 5.75 Å². The maximum absolute atomic E-state index is 12.0. The second-order valence-electron chi connectivity index (χ2n) is 4.38. The summed E-state index contributed by atoms with van der Waals surface area (Å²) in [5, 5.41) is 4.24. The molecule has 1 heterocycles. The standard InChI is InChI=1S/C13H16Cl2N2O2.ClH/c14-10-6-11(15)8-12(7-10)19-9-13(18)17-4-1-2-16-3-5-17;/h6-8,16H,1-5,9H2;1H. The SMILES string of the molecule is Cl.O=C(COc1cc(Cl)cc(Cl)c1)N1CCCNCC1. The minimum atomic E-state index is -0.0141. The van der Waals surface area contributed by atoms with Gasteiger partial charge in [-0.25, -0.2) is 0 Å². The molecule has 1 N–H and O–H groups in total. The molecule has 0 spiro atoms. The lowest BCUT2D eigenvalue weighted by Crippen LogP contribution is -2.37. The molecule has 1 aliphatic heterocycles. The second kappa shape index (κ2) is 8.57. The number of amides is 1. The molecule has 1 fully saturated rings. The Bertz CT molecular complexity index is 429. The maximum Gasteiger partial charge on any atom is 0.260 e. The zero-order valence-corrected chi connectivity index (χ0v) is 13.2. The first-order chi connectivity index (χ1) is 9.15. The highest BCUT2D eigenvalue weighted by Gasteiger charge is 2.15. The van der Waals surface area contributed by atoms with Gasteiger partial charge in [-0.15, -0.1) is 12.4 Å². The quantitative estimate of drug-likeness (QED) is 0.920. The summed E-state index contributed by atoms with van der Waals surface area (Å²) >= 11 is 11.7. The molecule has 0 atom stereocenters. The third-order valence-electron chi connectivity index (χ3n) is 2.89. The molecule has 0 saturated carbocycles. The first-order valence-corrected chi connectivity index (χ1v) is 6.98. The molecule has 1 amide bonds. The van der Waals surface area contributed by atoms with Gasteiger partial charge in [-0.3, -0.25) is 4.79 Å². The number of halogens is 3. The van der Waals surface area contributed by atoms with Gasteiger partial charge in [0.05, 0.1) is 0 Å². The zero-order valence-electron chi connectivity index (χ0n) is 10.9. The Hall–Kier alpha value is -0.680. The van der Waals surface area contributed by atoms with Crippen molar-refractivity contribution in [3.63, 3.8) is 0 Å². The fourth-order valence-corrected chi connectivity index (χ4v) is 2.45. The lowest BCUT2D eigenvalue weighted by atomic mass is 10.3. The number of hydrogen-bond acceptors (Lipinski definition) is 3. The van der Waals surface area contributed by atoms with Gasteiger partial charge >= 0.3 is 0 Å². The van der Waals surface area contributed by atoms with Crippen LogP contribution in [0.25, 0.3) is 0 Å². The van der Waals surface area contributed by atoms with Crippen molar-refractivity contribution in [1.82, 2.24) is 10.2 Å². The van der Waals surface area contributed by atoms with E-state index >= 15 is 0 Å². The van der Waals surface area contributed by atoms with Crippen LogP contribution in [0, 0.1) is 0 Å². The predicted molar refractivity (Wildman–Crippen MR) is 83.3 cm³/mol. The van der Waals surface area contributed by atoms with E-state index in [1.54, 1.807) is 18.2 Å². The summed E-state index contributed by atoms with van der Waals surface area (Å²) in [4.78, 5) is 13.8. The zero-order chi connectivity index (χ0) is 13.7. The van der Waals surface area contributed by atoms with E-state index in [0.29, 0.717) is 15.8 Å². The van der Waals surface area contributed by atoms with Gasteiger partial charge in [0.2, 0.25) is 0 Å². The van der Waals surface area contributed by atoms with E-state index in [0.717, 1.165) is 32.6 Å². The summed E-state index contributed by atoms with van der Waals surface area (Å²) in [6.45, 7) is 3.28. The van der Waals surface area contributed by atoms with Crippen LogP contribution in [0.2, 0.25) is 10.0 Å². The van der Waals surface area contributed by atoms with Crippen LogP contribution >= 0.6 is 35.6 Å². The summed E-state index contributed by atoms with van der Waals surface area (Å²) in [6, 6.07) is 4.91. The molecule has 0 aromatic heterocycles. The van der Waals surface area contributed by atoms with Crippen molar-refractivity contribution in [3.05, 3.63) is 28.2 Å². The normalized spacial score (nSPS) is 15.2. The summed E-state index contributed by atoms with van der Waals surface area (Å²) in [5.41, 5.74) is 0. The molecule has 0 radical (unpaired) electrons. The molecular formula is C13H17Cl3N2O2. The maximum atomic E-state index is 12.0. The fraction of sp³-hybridized carbons (Fsp3) is 0.462. The second-order valence-corrected chi connectivity index (χ2v) is 5.25. The van der Waals surface area contributed by atoms with Gasteiger partial charge in [0.15, 0.2) is 6.61 Å². The van der Waals surface area contributed by atoms with E-state index in [-0.39, 0.29) is 24.9 Å². The van der Waals surface area contributed by atoms with Crippen molar-refractivity contribution < 1.29 is 9.53 Å². The van der Waals surface area contributed by atoms with Gasteiger partial charge in [-0.1, -0.05) is 23.2 Å². The van der Waals surface area contributed by atoms with E-state index in [9.17, 15) is 4.79 Å². The number of carbonyl (C=O) groups is 1. The highest BCUT2D eigenvalue weighted by molar-refractivity contribution is 6.34. The largest absolute Gasteiger partial charge is 0.484 e. The van der Waals surface area contributed by atoms with Crippen molar-refractivity contribution in [2.45, 2.75) is 6.42 Å². The molecule has 4 nitrogen and oxygen atoms in total. The van der Waals surface area contributed by atoms with Crippen LogP contribution < -0.4 is 10.1 Å². The van der Waals surface area contributed by atoms with Gasteiger partial charge < -0.3 is 15.0 Å². The molecule has 2 rings (SSSR count). The van der Waals surface area contributed by atoms with E-state index in [1.165, 1.54) is 0 Å². The monoisotopic (exact) mass is 338 g/mol. The van der Waals surface area contributed by atoms with Gasteiger partial charge in [0.1, 0.15) is 5.75 Å². The molecule has 7 heteroatoms. The minimum absolute atomic E-state index is 0. The molecule has 20 heavy (non-hydrogen) atoms.